The number of hydrogen-bond donors (Lipinski definition) is 1. The lowest BCUT2D eigenvalue weighted by molar-refractivity contribution is 0.0695. The van der Waals surface area contributed by atoms with Crippen LogP contribution >= 0.6 is 0 Å². The summed E-state index contributed by atoms with van der Waals surface area (Å²) >= 11 is 0. The van der Waals surface area contributed by atoms with Crippen molar-refractivity contribution in [2.24, 2.45) is 0 Å². The molecule has 4 nitrogen and oxygen atoms in total. The Morgan fingerprint density at radius 1 is 1.53 bits per heavy atom. The first-order chi connectivity index (χ1) is 6.97. The fourth-order valence-corrected chi connectivity index (χ4v) is 1.48. The molecule has 1 rings (SSSR count). The molecule has 0 aliphatic heterocycles. The van der Waals surface area contributed by atoms with Crippen LogP contribution in [0.3, 0.4) is 0 Å². The summed E-state index contributed by atoms with van der Waals surface area (Å²) in [7, 11) is 0. The zero-order chi connectivity index (χ0) is 11.6. The second kappa shape index (κ2) is 4.29. The molecule has 0 atom stereocenters. The monoisotopic (exact) mass is 208 g/mol. The van der Waals surface area contributed by atoms with Gasteiger partial charge in [-0.3, -0.25) is 4.68 Å². The van der Waals surface area contributed by atoms with E-state index in [0.29, 0.717) is 23.5 Å². The van der Waals surface area contributed by atoms with Gasteiger partial charge in [-0.15, -0.1) is 0 Å². The van der Waals surface area contributed by atoms with Gasteiger partial charge in [0.1, 0.15) is 5.56 Å². The van der Waals surface area contributed by atoms with Crippen LogP contribution in [-0.2, 0) is 6.54 Å². The van der Waals surface area contributed by atoms with Crippen LogP contribution in [-0.4, -0.2) is 20.9 Å². The minimum absolute atomic E-state index is 0.305. The number of aryl methyl sites for hydroxylation is 1. The minimum atomic E-state index is -0.918. The van der Waals surface area contributed by atoms with Gasteiger partial charge in [-0.05, 0) is 20.3 Å². The van der Waals surface area contributed by atoms with Crippen LogP contribution in [0.4, 0.5) is 0 Å². The van der Waals surface area contributed by atoms with Crippen molar-refractivity contribution in [3.05, 3.63) is 29.1 Å². The Morgan fingerprint density at radius 2 is 2.13 bits per heavy atom. The summed E-state index contributed by atoms with van der Waals surface area (Å²) < 4.78 is 1.70. The van der Waals surface area contributed by atoms with Gasteiger partial charge in [0, 0.05) is 0 Å². The summed E-state index contributed by atoms with van der Waals surface area (Å²) in [5.74, 6) is -0.918. The fraction of sp³-hybridized carbons (Fsp3) is 0.455. The maximum atomic E-state index is 10.9. The van der Waals surface area contributed by atoms with E-state index in [-0.39, 0.29) is 0 Å². The van der Waals surface area contributed by atoms with Crippen molar-refractivity contribution >= 4 is 5.97 Å². The van der Waals surface area contributed by atoms with Crippen LogP contribution in [0.25, 0.3) is 0 Å². The number of carboxylic acid groups (broad SMARTS) is 1. The van der Waals surface area contributed by atoms with E-state index in [2.05, 4.69) is 11.7 Å². The van der Waals surface area contributed by atoms with E-state index in [4.69, 9.17) is 5.11 Å². The molecule has 0 fully saturated rings. The van der Waals surface area contributed by atoms with Crippen molar-refractivity contribution in [3.8, 4) is 0 Å². The maximum absolute atomic E-state index is 10.9. The van der Waals surface area contributed by atoms with Gasteiger partial charge in [-0.2, -0.15) is 5.10 Å². The lowest BCUT2D eigenvalue weighted by Crippen LogP contribution is -2.06. The van der Waals surface area contributed by atoms with Crippen molar-refractivity contribution in [1.29, 1.82) is 0 Å². The Hall–Kier alpha value is -1.58. The van der Waals surface area contributed by atoms with Crippen LogP contribution in [0.15, 0.2) is 12.2 Å². The maximum Gasteiger partial charge on any atom is 0.339 e. The molecular formula is C11H16N2O2. The van der Waals surface area contributed by atoms with Gasteiger partial charge in [0.25, 0.3) is 0 Å². The average molecular weight is 208 g/mol. The van der Waals surface area contributed by atoms with Gasteiger partial charge < -0.3 is 5.11 Å². The van der Waals surface area contributed by atoms with E-state index >= 15 is 0 Å². The van der Waals surface area contributed by atoms with Gasteiger partial charge in [-0.1, -0.05) is 19.1 Å². The number of aromatic nitrogens is 2. The average Bonchev–Trinajstić information content (AvgIpc) is 2.41. The van der Waals surface area contributed by atoms with Crippen LogP contribution in [0.1, 0.15) is 35.1 Å². The normalized spacial score (nSPS) is 10.3. The first-order valence-corrected chi connectivity index (χ1v) is 4.91. The molecule has 1 N–H and O–H groups in total. The van der Waals surface area contributed by atoms with E-state index in [1.807, 2.05) is 6.92 Å². The van der Waals surface area contributed by atoms with Crippen LogP contribution in [0, 0.1) is 13.8 Å². The van der Waals surface area contributed by atoms with Gasteiger partial charge in [0.15, 0.2) is 0 Å². The second-order valence-corrected chi connectivity index (χ2v) is 3.61. The number of carboxylic acids is 1. The zero-order valence-electron chi connectivity index (χ0n) is 9.37. The molecule has 1 heterocycles. The molecule has 0 aliphatic rings. The Kier molecular flexibility index (Phi) is 3.29. The third kappa shape index (κ3) is 2.26. The molecule has 1 aromatic rings. The third-order valence-electron chi connectivity index (χ3n) is 2.47. The number of rotatable bonds is 4. The molecule has 0 saturated carbocycles. The van der Waals surface area contributed by atoms with Crippen molar-refractivity contribution in [2.45, 2.75) is 33.7 Å². The number of nitrogens with zero attached hydrogens (tertiary/aromatic N) is 2. The van der Waals surface area contributed by atoms with E-state index in [0.717, 1.165) is 12.0 Å². The molecule has 0 radical (unpaired) electrons. The highest BCUT2D eigenvalue weighted by molar-refractivity contribution is 5.90. The standard InChI is InChI=1S/C11H16N2O2/c1-5-7(2)6-13-9(4)10(11(14)15)8(3)12-13/h2,5-6H2,1,3-4H3,(H,14,15). The topological polar surface area (TPSA) is 55.1 Å². The predicted octanol–water partition coefficient (Wildman–Crippen LogP) is 2.16. The Labute approximate surface area is 89.2 Å². The Morgan fingerprint density at radius 3 is 2.53 bits per heavy atom. The van der Waals surface area contributed by atoms with E-state index < -0.39 is 5.97 Å². The van der Waals surface area contributed by atoms with E-state index in [9.17, 15) is 4.79 Å². The van der Waals surface area contributed by atoms with Crippen molar-refractivity contribution in [1.82, 2.24) is 9.78 Å². The van der Waals surface area contributed by atoms with Gasteiger partial charge in [0.2, 0.25) is 0 Å². The first kappa shape index (κ1) is 11.5. The molecule has 0 spiro atoms. The number of aromatic carboxylic acids is 1. The van der Waals surface area contributed by atoms with Gasteiger partial charge in [-0.25, -0.2) is 4.79 Å². The van der Waals surface area contributed by atoms with Gasteiger partial charge >= 0.3 is 5.97 Å². The van der Waals surface area contributed by atoms with Crippen LogP contribution in [0.2, 0.25) is 0 Å². The van der Waals surface area contributed by atoms with E-state index in [1.54, 1.807) is 18.5 Å². The Balaban J connectivity index is 3.07. The summed E-state index contributed by atoms with van der Waals surface area (Å²) in [6.07, 6.45) is 0.876. The third-order valence-corrected chi connectivity index (χ3v) is 2.47. The largest absolute Gasteiger partial charge is 0.478 e. The molecule has 15 heavy (non-hydrogen) atoms. The molecule has 1 aromatic heterocycles. The fourth-order valence-electron chi connectivity index (χ4n) is 1.48. The molecule has 0 saturated heterocycles. The summed E-state index contributed by atoms with van der Waals surface area (Å²) in [6, 6.07) is 0. The summed E-state index contributed by atoms with van der Waals surface area (Å²) in [4.78, 5) is 10.9. The summed E-state index contributed by atoms with van der Waals surface area (Å²) in [6.45, 7) is 9.98. The molecule has 0 amide bonds. The SMILES string of the molecule is C=C(CC)Cn1nc(C)c(C(=O)O)c1C. The zero-order valence-corrected chi connectivity index (χ0v) is 9.37. The highest BCUT2D eigenvalue weighted by atomic mass is 16.4. The summed E-state index contributed by atoms with van der Waals surface area (Å²) in [5.41, 5.74) is 2.59. The van der Waals surface area contributed by atoms with Crippen molar-refractivity contribution in [3.63, 3.8) is 0 Å². The molecule has 0 aromatic carbocycles. The van der Waals surface area contributed by atoms with Crippen LogP contribution < -0.4 is 0 Å². The Bertz CT molecular complexity index is 405. The highest BCUT2D eigenvalue weighted by Gasteiger charge is 2.17. The quantitative estimate of drug-likeness (QED) is 0.771. The molecule has 0 unspecified atom stereocenters. The highest BCUT2D eigenvalue weighted by Crippen LogP contribution is 2.14. The second-order valence-electron chi connectivity index (χ2n) is 3.61. The molecule has 0 bridgehead atoms. The smallest absolute Gasteiger partial charge is 0.339 e. The minimum Gasteiger partial charge on any atom is -0.478 e. The lowest BCUT2D eigenvalue weighted by Gasteiger charge is -2.05. The van der Waals surface area contributed by atoms with Crippen molar-refractivity contribution < 1.29 is 9.90 Å². The molecular weight excluding hydrogens is 192 g/mol. The number of hydrogen-bond acceptors (Lipinski definition) is 2. The lowest BCUT2D eigenvalue weighted by atomic mass is 10.2. The molecule has 0 aliphatic carbocycles. The number of carbonyl (C=O) groups is 1. The van der Waals surface area contributed by atoms with Gasteiger partial charge in [0.05, 0.1) is 17.9 Å². The van der Waals surface area contributed by atoms with Crippen LogP contribution in [0.5, 0.6) is 0 Å². The van der Waals surface area contributed by atoms with E-state index in [1.165, 1.54) is 0 Å². The predicted molar refractivity (Wildman–Crippen MR) is 58.1 cm³/mol. The summed E-state index contributed by atoms with van der Waals surface area (Å²) in [5, 5.41) is 13.2. The first-order valence-electron chi connectivity index (χ1n) is 4.91. The molecule has 4 heteroatoms. The van der Waals surface area contributed by atoms with Crippen molar-refractivity contribution in [2.75, 3.05) is 0 Å². The molecule has 82 valence electrons. The number of allylic oxidation sites excluding steroid dienone is 1.